The van der Waals surface area contributed by atoms with Gasteiger partial charge in [0.1, 0.15) is 0 Å². The van der Waals surface area contributed by atoms with E-state index in [-0.39, 0.29) is 12.6 Å². The van der Waals surface area contributed by atoms with E-state index in [0.717, 1.165) is 32.2 Å². The van der Waals surface area contributed by atoms with Gasteiger partial charge in [-0.15, -0.1) is 0 Å². The van der Waals surface area contributed by atoms with E-state index in [1.54, 1.807) is 0 Å². The van der Waals surface area contributed by atoms with Crippen molar-refractivity contribution < 1.29 is 14.6 Å². The van der Waals surface area contributed by atoms with Gasteiger partial charge < -0.3 is 15.2 Å². The monoisotopic (exact) mass is 329 g/mol. The van der Waals surface area contributed by atoms with Crippen LogP contribution in [-0.4, -0.2) is 37.4 Å². The smallest absolute Gasteiger partial charge is 0.305 e. The Bertz CT molecular complexity index is 247. The second-order valence-corrected chi connectivity index (χ2v) is 6.33. The first-order chi connectivity index (χ1) is 11.3. The van der Waals surface area contributed by atoms with Gasteiger partial charge >= 0.3 is 5.97 Å². The molecule has 0 spiro atoms. The third kappa shape index (κ3) is 19.3. The van der Waals surface area contributed by atoms with E-state index in [2.05, 4.69) is 12.2 Å². The number of hydrogen-bond donors (Lipinski definition) is 2. The maximum absolute atomic E-state index is 11.5. The van der Waals surface area contributed by atoms with E-state index >= 15 is 0 Å². The number of unbranched alkanes of at least 4 members (excludes halogenated alkanes) is 10. The van der Waals surface area contributed by atoms with Crippen molar-refractivity contribution in [2.75, 3.05) is 26.3 Å². The van der Waals surface area contributed by atoms with Crippen LogP contribution in [0, 0.1) is 0 Å². The van der Waals surface area contributed by atoms with Crippen molar-refractivity contribution in [3.8, 4) is 0 Å². The predicted molar refractivity (Wildman–Crippen MR) is 96.6 cm³/mol. The van der Waals surface area contributed by atoms with Crippen molar-refractivity contribution in [1.29, 1.82) is 0 Å². The first-order valence-corrected chi connectivity index (χ1v) is 9.78. The number of nitrogens with one attached hydrogen (secondary N) is 1. The van der Waals surface area contributed by atoms with E-state index in [1.807, 2.05) is 0 Å². The third-order valence-corrected chi connectivity index (χ3v) is 4.03. The number of esters is 1. The molecule has 0 amide bonds. The van der Waals surface area contributed by atoms with E-state index in [1.165, 1.54) is 51.4 Å². The fourth-order valence-corrected chi connectivity index (χ4v) is 2.57. The van der Waals surface area contributed by atoms with Gasteiger partial charge in [-0.25, -0.2) is 0 Å². The molecule has 0 aliphatic carbocycles. The lowest BCUT2D eigenvalue weighted by atomic mass is 10.1. The van der Waals surface area contributed by atoms with Crippen molar-refractivity contribution in [1.82, 2.24) is 5.32 Å². The largest absolute Gasteiger partial charge is 0.466 e. The summed E-state index contributed by atoms with van der Waals surface area (Å²) in [5.74, 6) is -0.0181. The molecule has 0 bridgehead atoms. The highest BCUT2D eigenvalue weighted by Crippen LogP contribution is 2.08. The molecule has 4 nitrogen and oxygen atoms in total. The average molecular weight is 330 g/mol. The molecular formula is C19H39NO3. The standard InChI is InChI=1S/C19H39NO3/c1-2-3-4-5-8-11-14-19(22)23-18-13-10-7-6-9-12-15-20-16-17-21/h20-21H,2-18H2,1H3. The summed E-state index contributed by atoms with van der Waals surface area (Å²) in [6, 6.07) is 0. The molecular weight excluding hydrogens is 290 g/mol. The van der Waals surface area contributed by atoms with Crippen LogP contribution >= 0.6 is 0 Å². The summed E-state index contributed by atoms with van der Waals surface area (Å²) in [6.45, 7) is 4.72. The zero-order chi connectivity index (χ0) is 17.0. The van der Waals surface area contributed by atoms with Crippen LogP contribution in [-0.2, 0) is 9.53 Å². The summed E-state index contributed by atoms with van der Waals surface area (Å²) in [5, 5.41) is 11.8. The third-order valence-electron chi connectivity index (χ3n) is 4.03. The molecule has 23 heavy (non-hydrogen) atoms. The Morgan fingerprint density at radius 2 is 1.43 bits per heavy atom. The molecule has 0 aliphatic heterocycles. The van der Waals surface area contributed by atoms with Crippen LogP contribution in [0.2, 0.25) is 0 Å². The SMILES string of the molecule is CCCCCCCCC(=O)OCCCCCCCCNCCO. The zero-order valence-corrected chi connectivity index (χ0v) is 15.3. The number of aliphatic hydroxyl groups excluding tert-OH is 1. The van der Waals surface area contributed by atoms with Crippen molar-refractivity contribution >= 4 is 5.97 Å². The van der Waals surface area contributed by atoms with Gasteiger partial charge in [0.05, 0.1) is 13.2 Å². The highest BCUT2D eigenvalue weighted by molar-refractivity contribution is 5.69. The van der Waals surface area contributed by atoms with Crippen LogP contribution in [0.5, 0.6) is 0 Å². The topological polar surface area (TPSA) is 58.6 Å². The molecule has 2 N–H and O–H groups in total. The van der Waals surface area contributed by atoms with Gasteiger partial charge in [0.2, 0.25) is 0 Å². The highest BCUT2D eigenvalue weighted by Gasteiger charge is 2.02. The molecule has 0 atom stereocenters. The summed E-state index contributed by atoms with van der Waals surface area (Å²) in [4.78, 5) is 11.5. The van der Waals surface area contributed by atoms with E-state index < -0.39 is 0 Å². The number of carbonyl (C=O) groups excluding carboxylic acids is 1. The lowest BCUT2D eigenvalue weighted by molar-refractivity contribution is -0.143. The minimum absolute atomic E-state index is 0.0181. The molecule has 0 aromatic rings. The van der Waals surface area contributed by atoms with Crippen molar-refractivity contribution in [3.05, 3.63) is 0 Å². The number of rotatable bonds is 18. The van der Waals surface area contributed by atoms with E-state index in [0.29, 0.717) is 19.6 Å². The normalized spacial score (nSPS) is 10.9. The van der Waals surface area contributed by atoms with Crippen LogP contribution in [0.25, 0.3) is 0 Å². The zero-order valence-electron chi connectivity index (χ0n) is 15.3. The molecule has 0 heterocycles. The van der Waals surface area contributed by atoms with Crippen LogP contribution in [0.1, 0.15) is 90.4 Å². The maximum atomic E-state index is 11.5. The molecule has 138 valence electrons. The lowest BCUT2D eigenvalue weighted by Gasteiger charge is -2.05. The fourth-order valence-electron chi connectivity index (χ4n) is 2.57. The first kappa shape index (κ1) is 22.4. The molecule has 0 saturated carbocycles. The van der Waals surface area contributed by atoms with Gasteiger partial charge in [-0.3, -0.25) is 4.79 Å². The molecule has 0 rings (SSSR count). The van der Waals surface area contributed by atoms with Gasteiger partial charge in [-0.05, 0) is 25.8 Å². The summed E-state index contributed by atoms with van der Waals surface area (Å²) in [6.07, 6.45) is 14.8. The molecule has 0 unspecified atom stereocenters. The molecule has 4 heteroatoms. The van der Waals surface area contributed by atoms with Crippen molar-refractivity contribution in [3.63, 3.8) is 0 Å². The second kappa shape index (κ2) is 19.4. The van der Waals surface area contributed by atoms with Gasteiger partial charge in [0.25, 0.3) is 0 Å². The van der Waals surface area contributed by atoms with E-state index in [4.69, 9.17) is 9.84 Å². The lowest BCUT2D eigenvalue weighted by Crippen LogP contribution is -2.19. The average Bonchev–Trinajstić information content (AvgIpc) is 2.56. The maximum Gasteiger partial charge on any atom is 0.305 e. The van der Waals surface area contributed by atoms with Gasteiger partial charge in [-0.1, -0.05) is 64.7 Å². The second-order valence-electron chi connectivity index (χ2n) is 6.33. The van der Waals surface area contributed by atoms with Gasteiger partial charge in [-0.2, -0.15) is 0 Å². The number of aliphatic hydroxyl groups is 1. The molecule has 0 saturated heterocycles. The minimum atomic E-state index is -0.0181. The molecule has 0 aromatic heterocycles. The quantitative estimate of drug-likeness (QED) is 0.292. The summed E-state index contributed by atoms with van der Waals surface area (Å²) in [7, 11) is 0. The Morgan fingerprint density at radius 3 is 2.13 bits per heavy atom. The number of ether oxygens (including phenoxy) is 1. The van der Waals surface area contributed by atoms with Crippen molar-refractivity contribution in [2.24, 2.45) is 0 Å². The Morgan fingerprint density at radius 1 is 0.826 bits per heavy atom. The van der Waals surface area contributed by atoms with E-state index in [9.17, 15) is 4.79 Å². The van der Waals surface area contributed by atoms with Gasteiger partial charge in [0.15, 0.2) is 0 Å². The van der Waals surface area contributed by atoms with Crippen LogP contribution in [0.4, 0.5) is 0 Å². The number of hydrogen-bond acceptors (Lipinski definition) is 4. The summed E-state index contributed by atoms with van der Waals surface area (Å²) >= 11 is 0. The Kier molecular flexibility index (Phi) is 18.9. The molecule has 0 aliphatic rings. The minimum Gasteiger partial charge on any atom is -0.466 e. The molecule has 0 fully saturated rings. The van der Waals surface area contributed by atoms with Gasteiger partial charge in [0, 0.05) is 13.0 Å². The molecule has 0 aromatic carbocycles. The Balaban J connectivity index is 3.11. The Hall–Kier alpha value is -0.610. The first-order valence-electron chi connectivity index (χ1n) is 9.78. The van der Waals surface area contributed by atoms with Crippen LogP contribution < -0.4 is 5.32 Å². The Labute approximate surface area is 143 Å². The predicted octanol–water partition coefficient (Wildman–Crippen LogP) is 4.20. The summed E-state index contributed by atoms with van der Waals surface area (Å²) in [5.41, 5.74) is 0. The van der Waals surface area contributed by atoms with Crippen LogP contribution in [0.15, 0.2) is 0 Å². The van der Waals surface area contributed by atoms with Crippen molar-refractivity contribution in [2.45, 2.75) is 90.4 Å². The summed E-state index contributed by atoms with van der Waals surface area (Å²) < 4.78 is 5.27. The number of carbonyl (C=O) groups is 1. The fraction of sp³-hybridized carbons (Fsp3) is 0.947. The van der Waals surface area contributed by atoms with Crippen LogP contribution in [0.3, 0.4) is 0 Å². The highest BCUT2D eigenvalue weighted by atomic mass is 16.5. The molecule has 0 radical (unpaired) electrons.